The molecule has 1 aromatic heterocycles. The summed E-state index contributed by atoms with van der Waals surface area (Å²) in [6, 6.07) is 7.18. The molecule has 0 aliphatic carbocycles. The Morgan fingerprint density at radius 1 is 1.40 bits per heavy atom. The van der Waals surface area contributed by atoms with Gasteiger partial charge in [-0.15, -0.1) is 0 Å². The summed E-state index contributed by atoms with van der Waals surface area (Å²) in [7, 11) is 3.36. The van der Waals surface area contributed by atoms with Crippen molar-refractivity contribution in [1.82, 2.24) is 14.5 Å². The molecule has 0 aliphatic rings. The second kappa shape index (κ2) is 5.52. The first-order valence-corrected chi connectivity index (χ1v) is 5.94. The van der Waals surface area contributed by atoms with Crippen molar-refractivity contribution in [2.24, 2.45) is 0 Å². The van der Waals surface area contributed by atoms with Gasteiger partial charge in [0.15, 0.2) is 0 Å². The van der Waals surface area contributed by atoms with Gasteiger partial charge in [0.2, 0.25) is 6.33 Å². The van der Waals surface area contributed by atoms with Gasteiger partial charge in [-0.3, -0.25) is 4.79 Å². The molecule has 0 saturated carbocycles. The highest BCUT2D eigenvalue weighted by Crippen LogP contribution is 2.14. The highest BCUT2D eigenvalue weighted by molar-refractivity contribution is 5.95. The van der Waals surface area contributed by atoms with Gasteiger partial charge in [0.05, 0.1) is 6.54 Å². The summed E-state index contributed by atoms with van der Waals surface area (Å²) in [5.74, 6) is -0.309. The zero-order chi connectivity index (χ0) is 14.7. The van der Waals surface area contributed by atoms with Gasteiger partial charge < -0.3 is 19.6 Å². The monoisotopic (exact) mass is 274 g/mol. The van der Waals surface area contributed by atoms with Crippen molar-refractivity contribution in [3.8, 4) is 0 Å². The van der Waals surface area contributed by atoms with E-state index in [2.05, 4.69) is 4.98 Å². The summed E-state index contributed by atoms with van der Waals surface area (Å²) in [6.07, 6.45) is 2.73. The zero-order valence-corrected chi connectivity index (χ0v) is 11.2. The molecule has 1 aromatic carbocycles. The van der Waals surface area contributed by atoms with E-state index in [1.165, 1.54) is 17.4 Å². The highest BCUT2D eigenvalue weighted by Gasteiger charge is 2.15. The molecule has 0 N–H and O–H groups in total. The standard InChI is InChI=1S/C13H14N4O3/c1-15(2)13(18)11-6-4-3-5-10(11)7-16-8-12(14-9-16)17(19)20/h3-6,8-9H,7H2,1-2H3. The Bertz CT molecular complexity index is 649. The lowest BCUT2D eigenvalue weighted by Crippen LogP contribution is -2.23. The van der Waals surface area contributed by atoms with Gasteiger partial charge >= 0.3 is 5.82 Å². The van der Waals surface area contributed by atoms with Crippen LogP contribution in [-0.2, 0) is 6.54 Å². The first-order chi connectivity index (χ1) is 9.49. The van der Waals surface area contributed by atoms with Crippen LogP contribution in [0.5, 0.6) is 0 Å². The summed E-state index contributed by atoms with van der Waals surface area (Å²) >= 11 is 0. The van der Waals surface area contributed by atoms with Gasteiger partial charge in [0.1, 0.15) is 6.20 Å². The molecule has 0 spiro atoms. The molecule has 1 amide bonds. The van der Waals surface area contributed by atoms with Gasteiger partial charge in [-0.2, -0.15) is 0 Å². The fraction of sp³-hybridized carbons (Fsp3) is 0.231. The largest absolute Gasteiger partial charge is 0.381 e. The van der Waals surface area contributed by atoms with Gasteiger partial charge in [0.25, 0.3) is 5.91 Å². The van der Waals surface area contributed by atoms with E-state index in [0.29, 0.717) is 12.1 Å². The minimum atomic E-state index is -0.548. The fourth-order valence-electron chi connectivity index (χ4n) is 1.83. The number of amides is 1. The lowest BCUT2D eigenvalue weighted by Gasteiger charge is -2.13. The Morgan fingerprint density at radius 3 is 2.70 bits per heavy atom. The predicted octanol–water partition coefficient (Wildman–Crippen LogP) is 1.54. The van der Waals surface area contributed by atoms with E-state index in [0.717, 1.165) is 5.56 Å². The van der Waals surface area contributed by atoms with E-state index < -0.39 is 4.92 Å². The van der Waals surface area contributed by atoms with E-state index in [1.807, 2.05) is 12.1 Å². The molecule has 20 heavy (non-hydrogen) atoms. The van der Waals surface area contributed by atoms with E-state index in [1.54, 1.807) is 30.8 Å². The van der Waals surface area contributed by atoms with Crippen molar-refractivity contribution < 1.29 is 9.72 Å². The number of carbonyl (C=O) groups is 1. The van der Waals surface area contributed by atoms with E-state index in [-0.39, 0.29) is 11.7 Å². The minimum Gasteiger partial charge on any atom is -0.358 e. The van der Waals surface area contributed by atoms with Crippen LogP contribution in [0, 0.1) is 10.1 Å². The summed E-state index contributed by atoms with van der Waals surface area (Å²) in [4.78, 5) is 27.3. The lowest BCUT2D eigenvalue weighted by atomic mass is 10.1. The molecule has 0 bridgehead atoms. The average Bonchev–Trinajstić information content (AvgIpc) is 2.87. The molecular formula is C13H14N4O3. The van der Waals surface area contributed by atoms with Crippen molar-refractivity contribution in [1.29, 1.82) is 0 Å². The van der Waals surface area contributed by atoms with Crippen molar-refractivity contribution in [2.45, 2.75) is 6.54 Å². The van der Waals surface area contributed by atoms with Crippen LogP contribution >= 0.6 is 0 Å². The lowest BCUT2D eigenvalue weighted by molar-refractivity contribution is -0.389. The maximum atomic E-state index is 12.1. The summed E-state index contributed by atoms with van der Waals surface area (Å²) in [6.45, 7) is 0.358. The number of nitro groups is 1. The maximum Gasteiger partial charge on any atom is 0.381 e. The molecule has 0 aliphatic heterocycles. The number of rotatable bonds is 4. The Balaban J connectivity index is 2.29. The zero-order valence-electron chi connectivity index (χ0n) is 11.2. The number of hydrogen-bond donors (Lipinski definition) is 0. The Labute approximate surface area is 115 Å². The first-order valence-electron chi connectivity index (χ1n) is 5.94. The smallest absolute Gasteiger partial charge is 0.358 e. The van der Waals surface area contributed by atoms with Crippen molar-refractivity contribution in [2.75, 3.05) is 14.1 Å². The molecule has 2 aromatic rings. The summed E-state index contributed by atoms with van der Waals surface area (Å²) < 4.78 is 1.58. The number of hydrogen-bond acceptors (Lipinski definition) is 4. The van der Waals surface area contributed by atoms with Crippen LogP contribution in [0.1, 0.15) is 15.9 Å². The Kier molecular flexibility index (Phi) is 3.79. The summed E-state index contributed by atoms with van der Waals surface area (Å²) in [5, 5.41) is 10.6. The van der Waals surface area contributed by atoms with Crippen LogP contribution < -0.4 is 0 Å². The van der Waals surface area contributed by atoms with Crippen LogP contribution in [0.15, 0.2) is 36.8 Å². The molecule has 7 nitrogen and oxygen atoms in total. The highest BCUT2D eigenvalue weighted by atomic mass is 16.6. The number of benzene rings is 1. The van der Waals surface area contributed by atoms with E-state index in [4.69, 9.17) is 0 Å². The van der Waals surface area contributed by atoms with Crippen molar-refractivity contribution in [3.05, 3.63) is 58.0 Å². The molecule has 104 valence electrons. The van der Waals surface area contributed by atoms with Crippen LogP contribution in [0.3, 0.4) is 0 Å². The second-order valence-electron chi connectivity index (χ2n) is 4.52. The molecule has 0 radical (unpaired) electrons. The summed E-state index contributed by atoms with van der Waals surface area (Å²) in [5.41, 5.74) is 1.37. The Morgan fingerprint density at radius 2 is 2.10 bits per heavy atom. The predicted molar refractivity (Wildman–Crippen MR) is 72.4 cm³/mol. The van der Waals surface area contributed by atoms with Gasteiger partial charge in [0, 0.05) is 19.7 Å². The molecule has 0 atom stereocenters. The van der Waals surface area contributed by atoms with E-state index >= 15 is 0 Å². The van der Waals surface area contributed by atoms with Crippen LogP contribution in [0.4, 0.5) is 5.82 Å². The first kappa shape index (κ1) is 13.7. The molecule has 0 saturated heterocycles. The van der Waals surface area contributed by atoms with Crippen molar-refractivity contribution in [3.63, 3.8) is 0 Å². The third-order valence-electron chi connectivity index (χ3n) is 2.81. The molecular weight excluding hydrogens is 260 g/mol. The Hall–Kier alpha value is -2.70. The van der Waals surface area contributed by atoms with E-state index in [9.17, 15) is 14.9 Å². The number of imidazole rings is 1. The maximum absolute atomic E-state index is 12.1. The van der Waals surface area contributed by atoms with Crippen molar-refractivity contribution >= 4 is 11.7 Å². The van der Waals surface area contributed by atoms with Crippen LogP contribution in [-0.4, -0.2) is 39.4 Å². The topological polar surface area (TPSA) is 81.3 Å². The number of carbonyl (C=O) groups excluding carboxylic acids is 1. The SMILES string of the molecule is CN(C)C(=O)c1ccccc1Cn1cnc([N+](=O)[O-])c1. The normalized spacial score (nSPS) is 10.3. The average molecular weight is 274 g/mol. The van der Waals surface area contributed by atoms with Crippen LogP contribution in [0.2, 0.25) is 0 Å². The van der Waals surface area contributed by atoms with Gasteiger partial charge in [-0.25, -0.2) is 0 Å². The molecule has 0 unspecified atom stereocenters. The minimum absolute atomic E-state index is 0.102. The van der Waals surface area contributed by atoms with Gasteiger partial charge in [-0.1, -0.05) is 18.2 Å². The van der Waals surface area contributed by atoms with Gasteiger partial charge in [-0.05, 0) is 21.5 Å². The number of nitrogens with zero attached hydrogens (tertiary/aromatic N) is 4. The fourth-order valence-corrected chi connectivity index (χ4v) is 1.83. The van der Waals surface area contributed by atoms with Crippen LogP contribution in [0.25, 0.3) is 0 Å². The quantitative estimate of drug-likeness (QED) is 0.625. The molecule has 0 fully saturated rings. The molecule has 1 heterocycles. The second-order valence-corrected chi connectivity index (χ2v) is 4.52. The number of aromatic nitrogens is 2. The third-order valence-corrected chi connectivity index (χ3v) is 2.81. The molecule has 2 rings (SSSR count). The molecule has 7 heteroatoms. The third kappa shape index (κ3) is 2.82.